The Morgan fingerprint density at radius 1 is 0.688 bits per heavy atom. The quantitative estimate of drug-likeness (QED) is 0.711. The van der Waals surface area contributed by atoms with E-state index in [4.69, 9.17) is 0 Å². The van der Waals surface area contributed by atoms with Gasteiger partial charge in [0.2, 0.25) is 0 Å². The molecule has 1 aromatic rings. The average Bonchev–Trinajstić information content (AvgIpc) is 2.18. The van der Waals surface area contributed by atoms with Gasteiger partial charge in [-0.15, -0.1) is 0 Å². The molecule has 0 N–H and O–H groups in total. The monoisotopic (exact) mass is 326 g/mol. The molecule has 0 saturated carbocycles. The van der Waals surface area contributed by atoms with Crippen molar-refractivity contribution in [1.29, 1.82) is 0 Å². The normalized spacial score (nSPS) is 12.8. The molecule has 1 heteroatoms. The summed E-state index contributed by atoms with van der Waals surface area (Å²) in [7, 11) is 0. The van der Waals surface area contributed by atoms with Gasteiger partial charge in [0.05, 0.1) is 0 Å². The van der Waals surface area contributed by atoms with Gasteiger partial charge in [-0.05, 0) is 0 Å². The topological polar surface area (TPSA) is 0 Å². The summed E-state index contributed by atoms with van der Waals surface area (Å²) < 4.78 is 4.32. The van der Waals surface area contributed by atoms with Crippen molar-refractivity contribution in [3.05, 3.63) is 30.3 Å². The van der Waals surface area contributed by atoms with E-state index in [9.17, 15) is 0 Å². The van der Waals surface area contributed by atoms with Gasteiger partial charge in [-0.1, -0.05) is 0 Å². The zero-order chi connectivity index (χ0) is 12.3. The van der Waals surface area contributed by atoms with Crippen LogP contribution in [0.3, 0.4) is 0 Å². The number of rotatable bonds is 4. The molecular weight excluding hydrogens is 299 g/mol. The summed E-state index contributed by atoms with van der Waals surface area (Å²) in [5, 5.41) is 0. The van der Waals surface area contributed by atoms with Gasteiger partial charge in [0.15, 0.2) is 0 Å². The van der Waals surface area contributed by atoms with Crippen molar-refractivity contribution in [3.63, 3.8) is 0 Å². The maximum atomic E-state index is 2.45. The number of hydrogen-bond acceptors (Lipinski definition) is 0. The SMILES string of the molecule is C[CH](C)[Sn]([c]1ccccc1)([CH](C)C)[CH](C)C. The van der Waals surface area contributed by atoms with Gasteiger partial charge in [-0.25, -0.2) is 0 Å². The Balaban J connectivity index is 3.34. The molecule has 0 aliphatic carbocycles. The first-order valence-electron chi connectivity index (χ1n) is 6.49. The third-order valence-electron chi connectivity index (χ3n) is 4.14. The maximum absolute atomic E-state index is 2.45. The summed E-state index contributed by atoms with van der Waals surface area (Å²) in [5.41, 5.74) is 0. The molecule has 0 radical (unpaired) electrons. The van der Waals surface area contributed by atoms with Crippen LogP contribution >= 0.6 is 0 Å². The van der Waals surface area contributed by atoms with E-state index in [1.54, 1.807) is 3.58 Å². The van der Waals surface area contributed by atoms with E-state index in [2.05, 4.69) is 71.9 Å². The number of hydrogen-bond donors (Lipinski definition) is 0. The fourth-order valence-electron chi connectivity index (χ4n) is 3.73. The summed E-state index contributed by atoms with van der Waals surface area (Å²) in [6.45, 7) is 14.7. The van der Waals surface area contributed by atoms with Crippen molar-refractivity contribution in [2.24, 2.45) is 0 Å². The second-order valence-electron chi connectivity index (χ2n) is 5.76. The van der Waals surface area contributed by atoms with Crippen LogP contribution in [0.4, 0.5) is 0 Å². The first kappa shape index (κ1) is 14.1. The fraction of sp³-hybridized carbons (Fsp3) is 0.600. The van der Waals surface area contributed by atoms with Gasteiger partial charge in [-0.2, -0.15) is 0 Å². The second kappa shape index (κ2) is 5.57. The second-order valence-corrected chi connectivity index (χ2v) is 22.6. The summed E-state index contributed by atoms with van der Waals surface area (Å²) in [6, 6.07) is 11.3. The molecule has 0 aromatic heterocycles. The fourth-order valence-corrected chi connectivity index (χ4v) is 23.0. The summed E-state index contributed by atoms with van der Waals surface area (Å²) in [6.07, 6.45) is 0. The zero-order valence-electron chi connectivity index (χ0n) is 11.6. The van der Waals surface area contributed by atoms with Crippen molar-refractivity contribution in [2.75, 3.05) is 0 Å². The molecule has 1 aromatic carbocycles. The summed E-state index contributed by atoms with van der Waals surface area (Å²) in [4.78, 5) is 0. The molecule has 0 aliphatic heterocycles. The van der Waals surface area contributed by atoms with Crippen molar-refractivity contribution in [2.45, 2.75) is 53.3 Å². The average molecular weight is 325 g/mol. The van der Waals surface area contributed by atoms with E-state index in [0.717, 1.165) is 11.8 Å². The Hall–Kier alpha value is 0.0187. The van der Waals surface area contributed by atoms with Crippen LogP contribution in [0.15, 0.2) is 30.3 Å². The van der Waals surface area contributed by atoms with E-state index < -0.39 is 18.4 Å². The first-order chi connectivity index (χ1) is 7.44. The molecule has 0 spiro atoms. The van der Waals surface area contributed by atoms with E-state index in [0.29, 0.717) is 0 Å². The van der Waals surface area contributed by atoms with Crippen LogP contribution in [-0.4, -0.2) is 18.4 Å². The molecule has 1 rings (SSSR count). The van der Waals surface area contributed by atoms with Gasteiger partial charge >= 0.3 is 106 Å². The van der Waals surface area contributed by atoms with Gasteiger partial charge < -0.3 is 0 Å². The Morgan fingerprint density at radius 2 is 1.06 bits per heavy atom. The zero-order valence-corrected chi connectivity index (χ0v) is 14.5. The van der Waals surface area contributed by atoms with E-state index in [1.807, 2.05) is 0 Å². The molecule has 0 bridgehead atoms. The van der Waals surface area contributed by atoms with Crippen molar-refractivity contribution in [3.8, 4) is 0 Å². The standard InChI is InChI=1S/C6H5.3C3H7.Sn/c1-2-4-6-5-3-1;3*1-3-2;/h1-5H;3*3H,1-2H3;. The van der Waals surface area contributed by atoms with Crippen LogP contribution in [-0.2, 0) is 0 Å². The molecular formula is C15H26Sn. The third-order valence-corrected chi connectivity index (χ3v) is 24.3. The molecule has 0 saturated heterocycles. The predicted octanol–water partition coefficient (Wildman–Crippen LogP) is 4.57. The molecule has 0 atom stereocenters. The van der Waals surface area contributed by atoms with Crippen molar-refractivity contribution < 1.29 is 0 Å². The minimum atomic E-state index is -2.27. The Labute approximate surface area is 105 Å². The predicted molar refractivity (Wildman–Crippen MR) is 77.1 cm³/mol. The molecule has 0 nitrogen and oxygen atoms in total. The minimum absolute atomic E-state index is 0.872. The van der Waals surface area contributed by atoms with E-state index in [1.165, 1.54) is 0 Å². The Kier molecular flexibility index (Phi) is 4.90. The van der Waals surface area contributed by atoms with Crippen molar-refractivity contribution >= 4 is 22.0 Å². The molecule has 90 valence electrons. The Morgan fingerprint density at radius 3 is 1.38 bits per heavy atom. The van der Waals surface area contributed by atoms with Gasteiger partial charge in [0, 0.05) is 0 Å². The third kappa shape index (κ3) is 2.32. The summed E-state index contributed by atoms with van der Waals surface area (Å²) in [5.74, 6) is 0. The van der Waals surface area contributed by atoms with Gasteiger partial charge in [0.25, 0.3) is 0 Å². The van der Waals surface area contributed by atoms with E-state index in [-0.39, 0.29) is 0 Å². The van der Waals surface area contributed by atoms with Gasteiger partial charge in [-0.3, -0.25) is 0 Å². The van der Waals surface area contributed by atoms with Crippen LogP contribution < -0.4 is 3.58 Å². The van der Waals surface area contributed by atoms with Crippen LogP contribution in [0.2, 0.25) is 11.8 Å². The van der Waals surface area contributed by atoms with Crippen LogP contribution in [0.25, 0.3) is 0 Å². The van der Waals surface area contributed by atoms with Crippen LogP contribution in [0.5, 0.6) is 0 Å². The summed E-state index contributed by atoms with van der Waals surface area (Å²) >= 11 is -2.27. The number of benzene rings is 1. The molecule has 0 fully saturated rings. The van der Waals surface area contributed by atoms with Gasteiger partial charge in [0.1, 0.15) is 0 Å². The molecule has 0 heterocycles. The molecule has 0 aliphatic rings. The van der Waals surface area contributed by atoms with E-state index >= 15 is 0 Å². The van der Waals surface area contributed by atoms with Crippen LogP contribution in [0.1, 0.15) is 41.5 Å². The first-order valence-corrected chi connectivity index (χ1v) is 12.9. The molecule has 0 unspecified atom stereocenters. The van der Waals surface area contributed by atoms with Crippen molar-refractivity contribution in [1.82, 2.24) is 0 Å². The Bertz CT molecular complexity index is 290. The molecule has 0 amide bonds. The van der Waals surface area contributed by atoms with Crippen LogP contribution in [0, 0.1) is 0 Å². The molecule has 16 heavy (non-hydrogen) atoms.